The summed E-state index contributed by atoms with van der Waals surface area (Å²) < 4.78 is 7.07. The molecule has 0 aliphatic carbocycles. The molecule has 0 aromatic heterocycles. The number of aryl methyl sites for hydroxylation is 2. The molecule has 1 spiro atoms. The number of carbonyl (C=O) groups excluding carboxylic acids is 3. The fraction of sp³-hybridized carbons (Fsp3) is 0.375. The Morgan fingerprint density at radius 3 is 2.23 bits per heavy atom. The van der Waals surface area contributed by atoms with Crippen molar-refractivity contribution < 1.29 is 24.2 Å². The van der Waals surface area contributed by atoms with Crippen LogP contribution in [-0.2, 0) is 19.1 Å². The number of anilines is 2. The Balaban J connectivity index is 1.54. The fourth-order valence-electron chi connectivity index (χ4n) is 8.52. The summed E-state index contributed by atoms with van der Waals surface area (Å²) in [5, 5.41) is 10.9. The van der Waals surface area contributed by atoms with Crippen LogP contribution in [0.2, 0.25) is 0 Å². The van der Waals surface area contributed by atoms with E-state index < -0.39 is 41.7 Å². The van der Waals surface area contributed by atoms with Crippen molar-refractivity contribution in [2.75, 3.05) is 29.5 Å². The normalized spacial score (nSPS) is 27.8. The molecule has 3 aliphatic rings. The number of likely N-dealkylation sites (tertiary alicyclic amines) is 1. The summed E-state index contributed by atoms with van der Waals surface area (Å²) in [6.07, 6.45) is 3.75. The lowest BCUT2D eigenvalue weighted by molar-refractivity contribution is -0.149. The molecule has 3 amide bonds. The minimum absolute atomic E-state index is 0.148. The van der Waals surface area contributed by atoms with Crippen molar-refractivity contribution in [1.82, 2.24) is 4.90 Å². The second-order valence-electron chi connectivity index (χ2n) is 13.7. The number of aliphatic hydroxyl groups is 1. The quantitative estimate of drug-likeness (QED) is 0.267. The number of benzene rings is 3. The van der Waals surface area contributed by atoms with Gasteiger partial charge in [0.1, 0.15) is 11.6 Å². The number of hydrogen-bond donors (Lipinski definition) is 1. The first kappa shape index (κ1) is 33.4. The number of rotatable bonds is 11. The van der Waals surface area contributed by atoms with Gasteiger partial charge in [-0.2, -0.15) is 0 Å². The summed E-state index contributed by atoms with van der Waals surface area (Å²) in [5.74, 6) is -2.91. The molecule has 3 aromatic carbocycles. The van der Waals surface area contributed by atoms with E-state index in [2.05, 4.69) is 13.2 Å². The average Bonchev–Trinajstić information content (AvgIpc) is 3.60. The van der Waals surface area contributed by atoms with Crippen molar-refractivity contribution in [3.8, 4) is 0 Å². The smallest absolute Gasteiger partial charge is 0.253 e. The third-order valence-electron chi connectivity index (χ3n) is 10.8. The molecule has 48 heavy (non-hydrogen) atoms. The van der Waals surface area contributed by atoms with Crippen molar-refractivity contribution >= 4 is 29.1 Å². The van der Waals surface area contributed by atoms with Crippen LogP contribution in [0.15, 0.2) is 104 Å². The number of para-hydroxylation sites is 1. The third kappa shape index (κ3) is 5.09. The molecule has 3 saturated heterocycles. The first-order valence-corrected chi connectivity index (χ1v) is 16.7. The van der Waals surface area contributed by atoms with Gasteiger partial charge in [0, 0.05) is 24.5 Å². The lowest BCUT2D eigenvalue weighted by atomic mass is 9.62. The Morgan fingerprint density at radius 2 is 1.60 bits per heavy atom. The van der Waals surface area contributed by atoms with Crippen molar-refractivity contribution in [1.29, 1.82) is 0 Å². The molecule has 6 rings (SSSR count). The molecule has 250 valence electrons. The SMILES string of the molecule is C=CCN(C(=O)[C@@H]1[C@H]2C(=O)N([C@H](CO)c3ccccc3)C(C(=O)N(CC=C)c3cc(C)ccc3C)C23CC(C)[C@@]1(C)O3)c1ccccc1. The first-order valence-electron chi connectivity index (χ1n) is 16.7. The van der Waals surface area contributed by atoms with E-state index in [1.165, 1.54) is 4.90 Å². The minimum atomic E-state index is -1.31. The molecule has 8 heteroatoms. The van der Waals surface area contributed by atoms with E-state index in [9.17, 15) is 9.90 Å². The van der Waals surface area contributed by atoms with Crippen LogP contribution >= 0.6 is 0 Å². The van der Waals surface area contributed by atoms with Gasteiger partial charge in [-0.3, -0.25) is 14.4 Å². The van der Waals surface area contributed by atoms with Crippen molar-refractivity contribution in [3.05, 3.63) is 121 Å². The fourth-order valence-corrected chi connectivity index (χ4v) is 8.52. The van der Waals surface area contributed by atoms with Crippen LogP contribution in [0.4, 0.5) is 11.4 Å². The molecule has 3 unspecified atom stereocenters. The number of nitrogens with zero attached hydrogens (tertiary/aromatic N) is 3. The highest BCUT2D eigenvalue weighted by Crippen LogP contribution is 2.66. The first-order chi connectivity index (χ1) is 23.0. The highest BCUT2D eigenvalue weighted by atomic mass is 16.5. The van der Waals surface area contributed by atoms with Crippen molar-refractivity contribution in [2.45, 2.75) is 57.4 Å². The number of hydrogen-bond acceptors (Lipinski definition) is 5. The topological polar surface area (TPSA) is 90.4 Å². The van der Waals surface area contributed by atoms with Gasteiger partial charge in [0.15, 0.2) is 0 Å². The summed E-state index contributed by atoms with van der Waals surface area (Å²) >= 11 is 0. The Morgan fingerprint density at radius 1 is 0.979 bits per heavy atom. The van der Waals surface area contributed by atoms with Gasteiger partial charge in [0.2, 0.25) is 11.8 Å². The molecule has 3 heterocycles. The molecule has 1 N–H and O–H groups in total. The van der Waals surface area contributed by atoms with E-state index in [1.807, 2.05) is 107 Å². The highest BCUT2D eigenvalue weighted by Gasteiger charge is 2.80. The van der Waals surface area contributed by atoms with E-state index in [0.717, 1.165) is 11.1 Å². The minimum Gasteiger partial charge on any atom is -0.394 e. The van der Waals surface area contributed by atoms with Gasteiger partial charge in [-0.15, -0.1) is 13.2 Å². The standard InChI is InChI=1S/C40H45N3O5/c1-7-21-41(30-17-13-10-14-18-30)36(45)33-34-37(46)43(32(25-44)29-15-11-9-12-16-29)35(40(34)24-28(5)39(33,6)48-40)38(47)42(22-8-2)31-23-26(3)19-20-27(31)4/h7-20,23,28,32-35,44H,1-2,21-22,24-25H2,3-6H3/t28?,32-,33+,34+,35?,39-,40?/m1/s1. The van der Waals surface area contributed by atoms with Gasteiger partial charge in [0.25, 0.3) is 5.91 Å². The second kappa shape index (κ2) is 12.8. The zero-order valence-corrected chi connectivity index (χ0v) is 28.2. The van der Waals surface area contributed by atoms with Crippen molar-refractivity contribution in [3.63, 3.8) is 0 Å². The monoisotopic (exact) mass is 647 g/mol. The molecular formula is C40H45N3O5. The molecule has 2 bridgehead atoms. The van der Waals surface area contributed by atoms with E-state index in [1.54, 1.807) is 22.0 Å². The van der Waals surface area contributed by atoms with Crippen LogP contribution in [-0.4, -0.2) is 64.7 Å². The van der Waals surface area contributed by atoms with Gasteiger partial charge in [-0.1, -0.05) is 79.7 Å². The number of aliphatic hydroxyl groups excluding tert-OH is 1. The van der Waals surface area contributed by atoms with E-state index in [-0.39, 0.29) is 36.7 Å². The molecule has 3 fully saturated rings. The van der Waals surface area contributed by atoms with Crippen LogP contribution in [0.3, 0.4) is 0 Å². The number of fused-ring (bicyclic) bond motifs is 1. The van der Waals surface area contributed by atoms with Gasteiger partial charge in [-0.05, 0) is 68.0 Å². The molecule has 0 saturated carbocycles. The van der Waals surface area contributed by atoms with Crippen LogP contribution in [0.1, 0.15) is 43.0 Å². The summed E-state index contributed by atoms with van der Waals surface area (Å²) in [5.41, 5.74) is 1.66. The zero-order chi connectivity index (χ0) is 34.4. The lowest BCUT2D eigenvalue weighted by Gasteiger charge is -2.40. The lowest BCUT2D eigenvalue weighted by Crippen LogP contribution is -2.58. The molecular weight excluding hydrogens is 602 g/mol. The van der Waals surface area contributed by atoms with E-state index in [4.69, 9.17) is 4.74 Å². The molecule has 3 aliphatic heterocycles. The maximum atomic E-state index is 15.3. The molecule has 8 nitrogen and oxygen atoms in total. The van der Waals surface area contributed by atoms with E-state index >= 15 is 9.59 Å². The van der Waals surface area contributed by atoms with Gasteiger partial charge in [0.05, 0.1) is 30.1 Å². The second-order valence-corrected chi connectivity index (χ2v) is 13.7. The Labute approximate surface area is 283 Å². The van der Waals surface area contributed by atoms with Crippen LogP contribution < -0.4 is 9.80 Å². The number of amides is 3. The number of carbonyl (C=O) groups is 3. The largest absolute Gasteiger partial charge is 0.394 e. The predicted octanol–water partition coefficient (Wildman–Crippen LogP) is 5.79. The van der Waals surface area contributed by atoms with Gasteiger partial charge >= 0.3 is 0 Å². The molecule has 3 aromatic rings. The van der Waals surface area contributed by atoms with Crippen molar-refractivity contribution in [2.24, 2.45) is 17.8 Å². The Hall–Kier alpha value is -4.53. The summed E-state index contributed by atoms with van der Waals surface area (Å²) in [6, 6.07) is 22.6. The Kier molecular flexibility index (Phi) is 8.92. The summed E-state index contributed by atoms with van der Waals surface area (Å²) in [6.45, 7) is 15.8. The predicted molar refractivity (Wildman–Crippen MR) is 187 cm³/mol. The van der Waals surface area contributed by atoms with Crippen LogP contribution in [0.25, 0.3) is 0 Å². The highest BCUT2D eigenvalue weighted by molar-refractivity contribution is 6.07. The Bertz CT molecular complexity index is 1730. The molecule has 7 atom stereocenters. The zero-order valence-electron chi connectivity index (χ0n) is 28.2. The maximum absolute atomic E-state index is 15.3. The van der Waals surface area contributed by atoms with Gasteiger partial charge < -0.3 is 24.5 Å². The van der Waals surface area contributed by atoms with E-state index in [0.29, 0.717) is 23.4 Å². The summed E-state index contributed by atoms with van der Waals surface area (Å²) in [4.78, 5) is 50.1. The summed E-state index contributed by atoms with van der Waals surface area (Å²) in [7, 11) is 0. The third-order valence-corrected chi connectivity index (χ3v) is 10.8. The van der Waals surface area contributed by atoms with Crippen LogP contribution in [0.5, 0.6) is 0 Å². The number of ether oxygens (including phenoxy) is 1. The van der Waals surface area contributed by atoms with Gasteiger partial charge in [-0.25, -0.2) is 0 Å². The molecule has 0 radical (unpaired) electrons. The van der Waals surface area contributed by atoms with Crippen LogP contribution in [0, 0.1) is 31.6 Å². The maximum Gasteiger partial charge on any atom is 0.253 e. The average molecular weight is 648 g/mol.